The molecule has 0 aliphatic heterocycles. The molecular formula is C12H13FN2OS. The third-order valence-electron chi connectivity index (χ3n) is 2.37. The third kappa shape index (κ3) is 2.68. The first-order valence-corrected chi connectivity index (χ1v) is 5.99. The zero-order valence-electron chi connectivity index (χ0n) is 9.64. The van der Waals surface area contributed by atoms with Crippen LogP contribution in [0.25, 0.3) is 0 Å². The van der Waals surface area contributed by atoms with E-state index in [1.54, 1.807) is 10.7 Å². The SMILES string of the molecule is Cc1cc(Sc2ccc(F)cc2CO)n(C)n1. The summed E-state index contributed by atoms with van der Waals surface area (Å²) in [5.41, 5.74) is 1.52. The standard InChI is InChI=1S/C12H13FN2OS/c1-8-5-12(15(2)14-8)17-11-4-3-10(13)6-9(11)7-16/h3-6,16H,7H2,1-2H3. The first-order valence-electron chi connectivity index (χ1n) is 5.18. The van der Waals surface area contributed by atoms with Crippen LogP contribution in [0.1, 0.15) is 11.3 Å². The number of aromatic nitrogens is 2. The lowest BCUT2D eigenvalue weighted by atomic mass is 10.2. The highest BCUT2D eigenvalue weighted by Gasteiger charge is 2.08. The average molecular weight is 252 g/mol. The van der Waals surface area contributed by atoms with Crippen LogP contribution in [-0.4, -0.2) is 14.9 Å². The molecule has 5 heteroatoms. The number of aliphatic hydroxyl groups is 1. The Kier molecular flexibility index (Phi) is 3.49. The van der Waals surface area contributed by atoms with E-state index in [1.807, 2.05) is 20.0 Å². The lowest BCUT2D eigenvalue weighted by Gasteiger charge is -2.06. The maximum atomic E-state index is 13.0. The van der Waals surface area contributed by atoms with Crippen molar-refractivity contribution in [1.82, 2.24) is 9.78 Å². The molecule has 1 aromatic carbocycles. The second-order valence-electron chi connectivity index (χ2n) is 3.76. The zero-order valence-corrected chi connectivity index (χ0v) is 10.5. The average Bonchev–Trinajstić information content (AvgIpc) is 2.60. The quantitative estimate of drug-likeness (QED) is 0.912. The maximum Gasteiger partial charge on any atom is 0.123 e. The van der Waals surface area contributed by atoms with E-state index in [9.17, 15) is 9.50 Å². The first kappa shape index (κ1) is 12.1. The topological polar surface area (TPSA) is 38.0 Å². The Morgan fingerprint density at radius 3 is 2.76 bits per heavy atom. The number of halogens is 1. The molecule has 0 radical (unpaired) electrons. The van der Waals surface area contributed by atoms with E-state index in [0.717, 1.165) is 15.6 Å². The van der Waals surface area contributed by atoms with Crippen molar-refractivity contribution in [3.8, 4) is 0 Å². The molecule has 2 rings (SSSR count). The molecule has 1 N–H and O–H groups in total. The highest BCUT2D eigenvalue weighted by Crippen LogP contribution is 2.31. The van der Waals surface area contributed by atoms with Crippen LogP contribution in [0.15, 0.2) is 34.2 Å². The van der Waals surface area contributed by atoms with Crippen molar-refractivity contribution in [3.05, 3.63) is 41.3 Å². The van der Waals surface area contributed by atoms with E-state index in [2.05, 4.69) is 5.10 Å². The second-order valence-corrected chi connectivity index (χ2v) is 4.82. The Labute approximate surface area is 103 Å². The highest BCUT2D eigenvalue weighted by molar-refractivity contribution is 7.99. The minimum Gasteiger partial charge on any atom is -0.392 e. The molecule has 1 heterocycles. The lowest BCUT2D eigenvalue weighted by molar-refractivity contribution is 0.278. The minimum absolute atomic E-state index is 0.170. The maximum absolute atomic E-state index is 13.0. The number of aryl methyl sites for hydroxylation is 2. The van der Waals surface area contributed by atoms with Crippen LogP contribution in [0.3, 0.4) is 0 Å². The van der Waals surface area contributed by atoms with Crippen LogP contribution >= 0.6 is 11.8 Å². The van der Waals surface area contributed by atoms with Gasteiger partial charge < -0.3 is 5.11 Å². The van der Waals surface area contributed by atoms with Crippen molar-refractivity contribution in [3.63, 3.8) is 0 Å². The molecule has 2 aromatic rings. The molecule has 0 amide bonds. The number of rotatable bonds is 3. The fourth-order valence-electron chi connectivity index (χ4n) is 1.57. The number of nitrogens with zero attached hydrogens (tertiary/aromatic N) is 2. The van der Waals surface area contributed by atoms with E-state index in [1.165, 1.54) is 23.9 Å². The van der Waals surface area contributed by atoms with Gasteiger partial charge in [0.05, 0.1) is 17.3 Å². The van der Waals surface area contributed by atoms with Crippen molar-refractivity contribution >= 4 is 11.8 Å². The monoisotopic (exact) mass is 252 g/mol. The van der Waals surface area contributed by atoms with Crippen LogP contribution in [0.5, 0.6) is 0 Å². The molecule has 90 valence electrons. The Balaban J connectivity index is 2.32. The molecule has 0 fully saturated rings. The van der Waals surface area contributed by atoms with Gasteiger partial charge in [-0.05, 0) is 36.8 Å². The first-order chi connectivity index (χ1) is 8.10. The number of hydrogen-bond acceptors (Lipinski definition) is 3. The molecule has 0 saturated heterocycles. The summed E-state index contributed by atoms with van der Waals surface area (Å²) < 4.78 is 14.8. The second kappa shape index (κ2) is 4.89. The molecule has 0 spiro atoms. The minimum atomic E-state index is -0.334. The van der Waals surface area contributed by atoms with E-state index in [-0.39, 0.29) is 12.4 Å². The highest BCUT2D eigenvalue weighted by atomic mass is 32.2. The van der Waals surface area contributed by atoms with Gasteiger partial charge in [0.15, 0.2) is 0 Å². The lowest BCUT2D eigenvalue weighted by Crippen LogP contribution is -1.94. The van der Waals surface area contributed by atoms with Crippen LogP contribution in [-0.2, 0) is 13.7 Å². The van der Waals surface area contributed by atoms with Gasteiger partial charge in [0.25, 0.3) is 0 Å². The largest absolute Gasteiger partial charge is 0.392 e. The fraction of sp³-hybridized carbons (Fsp3) is 0.250. The van der Waals surface area contributed by atoms with Gasteiger partial charge in [0, 0.05) is 11.9 Å². The Hall–Kier alpha value is -1.33. The van der Waals surface area contributed by atoms with Gasteiger partial charge >= 0.3 is 0 Å². The number of hydrogen-bond donors (Lipinski definition) is 1. The number of aliphatic hydroxyl groups excluding tert-OH is 1. The van der Waals surface area contributed by atoms with Crippen molar-refractivity contribution in [2.45, 2.75) is 23.5 Å². The molecule has 0 bridgehead atoms. The zero-order chi connectivity index (χ0) is 12.4. The van der Waals surface area contributed by atoms with E-state index >= 15 is 0 Å². The molecule has 17 heavy (non-hydrogen) atoms. The van der Waals surface area contributed by atoms with Gasteiger partial charge in [-0.25, -0.2) is 4.39 Å². The summed E-state index contributed by atoms with van der Waals surface area (Å²) in [6, 6.07) is 6.37. The van der Waals surface area contributed by atoms with Gasteiger partial charge in [-0.1, -0.05) is 11.8 Å². The summed E-state index contributed by atoms with van der Waals surface area (Å²) >= 11 is 1.47. The summed E-state index contributed by atoms with van der Waals surface area (Å²) in [6.07, 6.45) is 0. The molecule has 3 nitrogen and oxygen atoms in total. The summed E-state index contributed by atoms with van der Waals surface area (Å²) in [4.78, 5) is 0.844. The fourth-order valence-corrected chi connectivity index (χ4v) is 2.58. The van der Waals surface area contributed by atoms with Crippen LogP contribution in [0.2, 0.25) is 0 Å². The van der Waals surface area contributed by atoms with E-state index < -0.39 is 0 Å². The Morgan fingerprint density at radius 2 is 2.18 bits per heavy atom. The van der Waals surface area contributed by atoms with Crippen molar-refractivity contribution < 1.29 is 9.50 Å². The summed E-state index contributed by atoms with van der Waals surface area (Å²) in [5, 5.41) is 14.4. The molecule has 0 unspecified atom stereocenters. The number of benzene rings is 1. The van der Waals surface area contributed by atoms with Crippen LogP contribution in [0.4, 0.5) is 4.39 Å². The van der Waals surface area contributed by atoms with Gasteiger partial charge in [0.1, 0.15) is 5.82 Å². The summed E-state index contributed by atoms with van der Waals surface area (Å²) in [6.45, 7) is 1.75. The molecule has 0 atom stereocenters. The predicted octanol–water partition coefficient (Wildman–Crippen LogP) is 2.51. The van der Waals surface area contributed by atoms with Gasteiger partial charge in [-0.15, -0.1) is 0 Å². The van der Waals surface area contributed by atoms with Crippen molar-refractivity contribution in [1.29, 1.82) is 0 Å². The van der Waals surface area contributed by atoms with Crippen LogP contribution < -0.4 is 0 Å². The summed E-state index contributed by atoms with van der Waals surface area (Å²) in [5.74, 6) is -0.334. The molecule has 1 aromatic heterocycles. The Bertz CT molecular complexity index is 539. The van der Waals surface area contributed by atoms with E-state index in [4.69, 9.17) is 0 Å². The normalized spacial score (nSPS) is 10.8. The molecule has 0 saturated carbocycles. The van der Waals surface area contributed by atoms with Crippen molar-refractivity contribution in [2.24, 2.45) is 7.05 Å². The van der Waals surface area contributed by atoms with Gasteiger partial charge in [0.2, 0.25) is 0 Å². The molecule has 0 aliphatic rings. The smallest absolute Gasteiger partial charge is 0.123 e. The summed E-state index contributed by atoms with van der Waals surface area (Å²) in [7, 11) is 1.86. The molecular weight excluding hydrogens is 239 g/mol. The van der Waals surface area contributed by atoms with Gasteiger partial charge in [-0.2, -0.15) is 5.10 Å². The molecule has 0 aliphatic carbocycles. The van der Waals surface area contributed by atoms with Gasteiger partial charge in [-0.3, -0.25) is 4.68 Å². The predicted molar refractivity (Wildman–Crippen MR) is 64.4 cm³/mol. The van der Waals surface area contributed by atoms with Crippen molar-refractivity contribution in [2.75, 3.05) is 0 Å². The van der Waals surface area contributed by atoms with E-state index in [0.29, 0.717) is 5.56 Å². The Morgan fingerprint density at radius 1 is 1.41 bits per heavy atom. The third-order valence-corrected chi connectivity index (χ3v) is 3.58. The van der Waals surface area contributed by atoms with Crippen LogP contribution in [0, 0.1) is 12.7 Å².